The van der Waals surface area contributed by atoms with Crippen molar-refractivity contribution in [2.75, 3.05) is 7.11 Å². The Kier molecular flexibility index (Phi) is 2.33. The number of ether oxygens (including phenoxy) is 1. The van der Waals surface area contributed by atoms with Crippen LogP contribution >= 0.6 is 0 Å². The lowest BCUT2D eigenvalue weighted by Gasteiger charge is -2.11. The summed E-state index contributed by atoms with van der Waals surface area (Å²) in [6, 6.07) is 6.66. The van der Waals surface area contributed by atoms with Crippen LogP contribution in [0.2, 0.25) is 0 Å². The average Bonchev–Trinajstić information content (AvgIpc) is 2.85. The Labute approximate surface area is 103 Å². The topological polar surface area (TPSA) is 73.1 Å². The minimum absolute atomic E-state index is 0.144. The molecular weight excluding hydrogens is 232 g/mol. The molecular formula is C12H10N4O2. The monoisotopic (exact) mass is 242 g/mol. The fourth-order valence-electron chi connectivity index (χ4n) is 1.73. The molecule has 0 unspecified atom stereocenters. The van der Waals surface area contributed by atoms with Gasteiger partial charge in [-0.05, 0) is 18.2 Å². The molecule has 0 fully saturated rings. The lowest BCUT2D eigenvalue weighted by molar-refractivity contribution is 0.404. The summed E-state index contributed by atoms with van der Waals surface area (Å²) >= 11 is 0. The van der Waals surface area contributed by atoms with Crippen molar-refractivity contribution in [3.8, 4) is 28.7 Å². The van der Waals surface area contributed by atoms with E-state index in [2.05, 4.69) is 15.1 Å². The van der Waals surface area contributed by atoms with E-state index >= 15 is 0 Å². The molecule has 6 heteroatoms. The van der Waals surface area contributed by atoms with Crippen LogP contribution in [0.5, 0.6) is 11.5 Å². The molecule has 0 bridgehead atoms. The van der Waals surface area contributed by atoms with Gasteiger partial charge in [0.1, 0.15) is 29.2 Å². The number of phenolic OH excluding ortho intramolecular Hbond substituents is 1. The van der Waals surface area contributed by atoms with Crippen molar-refractivity contribution in [2.45, 2.75) is 0 Å². The zero-order chi connectivity index (χ0) is 12.5. The number of methoxy groups -OCH3 is 1. The lowest BCUT2D eigenvalue weighted by atomic mass is 10.2. The van der Waals surface area contributed by atoms with Crippen LogP contribution in [0.15, 0.2) is 36.8 Å². The number of nitrogens with zero attached hydrogens (tertiary/aromatic N) is 4. The molecule has 0 aromatic heterocycles. The minimum atomic E-state index is 0.144. The van der Waals surface area contributed by atoms with Crippen LogP contribution in [-0.2, 0) is 0 Å². The van der Waals surface area contributed by atoms with Gasteiger partial charge in [0.05, 0.1) is 7.11 Å². The van der Waals surface area contributed by atoms with E-state index in [1.807, 2.05) is 6.07 Å². The molecule has 0 radical (unpaired) electrons. The van der Waals surface area contributed by atoms with Gasteiger partial charge < -0.3 is 9.84 Å². The van der Waals surface area contributed by atoms with Crippen LogP contribution < -0.4 is 4.74 Å². The first kappa shape index (κ1) is 10.5. The highest BCUT2D eigenvalue weighted by molar-refractivity contribution is 5.53. The molecule has 90 valence electrons. The first-order valence-electron chi connectivity index (χ1n) is 5.32. The summed E-state index contributed by atoms with van der Waals surface area (Å²) in [7, 11) is 1.54. The van der Waals surface area contributed by atoms with E-state index in [9.17, 15) is 5.11 Å². The van der Waals surface area contributed by atoms with E-state index in [4.69, 9.17) is 4.74 Å². The molecule has 0 saturated carbocycles. The quantitative estimate of drug-likeness (QED) is 0.736. The fourth-order valence-corrected chi connectivity index (χ4v) is 1.73. The van der Waals surface area contributed by atoms with Crippen molar-refractivity contribution in [3.05, 3.63) is 36.8 Å². The Balaban J connectivity index is 2.17. The second kappa shape index (κ2) is 3.99. The van der Waals surface area contributed by atoms with Crippen molar-refractivity contribution < 1.29 is 9.84 Å². The Bertz CT molecular complexity index is 665. The first-order chi connectivity index (χ1) is 8.78. The molecule has 2 heterocycles. The number of rotatable bonds is 2. The Morgan fingerprint density at radius 2 is 2.11 bits per heavy atom. The maximum absolute atomic E-state index is 9.42. The van der Waals surface area contributed by atoms with E-state index in [0.29, 0.717) is 11.6 Å². The number of benzene rings is 1. The number of fused-ring (bicyclic) bond motifs is 1. The SMILES string of the molecule is COc1cc(O)ccc1-n1ccc2ncnc-2n1. The van der Waals surface area contributed by atoms with Gasteiger partial charge in [-0.25, -0.2) is 14.6 Å². The number of aromatic nitrogens is 4. The maximum Gasteiger partial charge on any atom is 0.200 e. The molecule has 1 aromatic rings. The van der Waals surface area contributed by atoms with Crippen molar-refractivity contribution in [1.82, 2.24) is 19.7 Å². The number of aromatic hydroxyl groups is 1. The summed E-state index contributed by atoms with van der Waals surface area (Å²) < 4.78 is 6.85. The Morgan fingerprint density at radius 3 is 2.94 bits per heavy atom. The average molecular weight is 242 g/mol. The molecule has 2 aliphatic rings. The highest BCUT2D eigenvalue weighted by Crippen LogP contribution is 2.27. The van der Waals surface area contributed by atoms with Gasteiger partial charge in [-0.2, -0.15) is 0 Å². The van der Waals surface area contributed by atoms with Crippen molar-refractivity contribution in [2.24, 2.45) is 0 Å². The molecule has 0 aliphatic carbocycles. The Morgan fingerprint density at radius 1 is 1.22 bits per heavy atom. The molecule has 0 spiro atoms. The molecule has 6 nitrogen and oxygen atoms in total. The zero-order valence-corrected chi connectivity index (χ0v) is 9.61. The number of imidazole rings is 1. The predicted octanol–water partition coefficient (Wildman–Crippen LogP) is 1.48. The lowest BCUT2D eigenvalue weighted by Crippen LogP contribution is -2.04. The van der Waals surface area contributed by atoms with Crippen molar-refractivity contribution in [3.63, 3.8) is 0 Å². The molecule has 0 saturated heterocycles. The van der Waals surface area contributed by atoms with Gasteiger partial charge in [-0.3, -0.25) is 0 Å². The van der Waals surface area contributed by atoms with Gasteiger partial charge in [0.15, 0.2) is 5.82 Å². The second-order valence-electron chi connectivity index (χ2n) is 3.70. The number of hydrogen-bond acceptors (Lipinski definition) is 5. The predicted molar refractivity (Wildman–Crippen MR) is 64.0 cm³/mol. The van der Waals surface area contributed by atoms with E-state index in [1.54, 1.807) is 30.1 Å². The highest BCUT2D eigenvalue weighted by Gasteiger charge is 2.11. The number of phenols is 1. The normalized spacial score (nSPS) is 10.7. The van der Waals surface area contributed by atoms with E-state index in [0.717, 1.165) is 11.4 Å². The van der Waals surface area contributed by atoms with Crippen LogP contribution in [0.25, 0.3) is 17.2 Å². The molecule has 0 atom stereocenters. The van der Waals surface area contributed by atoms with Gasteiger partial charge in [0.25, 0.3) is 0 Å². The molecule has 1 aromatic carbocycles. The third-order valence-electron chi connectivity index (χ3n) is 2.59. The van der Waals surface area contributed by atoms with Crippen LogP contribution in [0.4, 0.5) is 0 Å². The fraction of sp³-hybridized carbons (Fsp3) is 0.0833. The van der Waals surface area contributed by atoms with Crippen molar-refractivity contribution in [1.29, 1.82) is 0 Å². The number of hydrogen-bond donors (Lipinski definition) is 1. The van der Waals surface area contributed by atoms with E-state index < -0.39 is 0 Å². The third kappa shape index (κ3) is 1.64. The minimum Gasteiger partial charge on any atom is -0.508 e. The summed E-state index contributed by atoms with van der Waals surface area (Å²) in [6.45, 7) is 0. The van der Waals surface area contributed by atoms with Crippen LogP contribution in [0.1, 0.15) is 0 Å². The van der Waals surface area contributed by atoms with Gasteiger partial charge >= 0.3 is 0 Å². The molecule has 18 heavy (non-hydrogen) atoms. The summed E-state index contributed by atoms with van der Waals surface area (Å²) in [5, 5.41) is 13.7. The van der Waals surface area contributed by atoms with Gasteiger partial charge in [0.2, 0.25) is 0 Å². The summed E-state index contributed by atoms with van der Waals surface area (Å²) in [5.41, 5.74) is 1.46. The third-order valence-corrected chi connectivity index (χ3v) is 2.59. The maximum atomic E-state index is 9.42. The Hall–Kier alpha value is -2.63. The summed E-state index contributed by atoms with van der Waals surface area (Å²) in [5.74, 6) is 1.24. The van der Waals surface area contributed by atoms with Gasteiger partial charge in [0, 0.05) is 12.3 Å². The van der Waals surface area contributed by atoms with Crippen LogP contribution in [0, 0.1) is 0 Å². The smallest absolute Gasteiger partial charge is 0.200 e. The second-order valence-corrected chi connectivity index (χ2v) is 3.70. The van der Waals surface area contributed by atoms with Gasteiger partial charge in [-0.15, -0.1) is 5.10 Å². The summed E-state index contributed by atoms with van der Waals surface area (Å²) in [6.07, 6.45) is 3.24. The first-order valence-corrected chi connectivity index (χ1v) is 5.32. The van der Waals surface area contributed by atoms with Crippen molar-refractivity contribution >= 4 is 0 Å². The van der Waals surface area contributed by atoms with Crippen LogP contribution in [0.3, 0.4) is 0 Å². The molecule has 3 rings (SSSR count). The van der Waals surface area contributed by atoms with E-state index in [-0.39, 0.29) is 5.75 Å². The molecule has 1 N–H and O–H groups in total. The molecule has 0 amide bonds. The highest BCUT2D eigenvalue weighted by atomic mass is 16.5. The summed E-state index contributed by atoms with van der Waals surface area (Å²) in [4.78, 5) is 8.10. The van der Waals surface area contributed by atoms with Crippen LogP contribution in [-0.4, -0.2) is 32.0 Å². The van der Waals surface area contributed by atoms with Gasteiger partial charge in [-0.1, -0.05) is 0 Å². The van der Waals surface area contributed by atoms with E-state index in [1.165, 1.54) is 12.4 Å². The molecule has 2 aliphatic heterocycles. The zero-order valence-electron chi connectivity index (χ0n) is 9.61. The largest absolute Gasteiger partial charge is 0.508 e. The standard InChI is InChI=1S/C12H10N4O2/c1-18-11-6-8(17)2-3-10(11)16-5-4-9-12(15-16)14-7-13-9/h2-7,17H,1H3.